The first kappa shape index (κ1) is 16.4. The summed E-state index contributed by atoms with van der Waals surface area (Å²) < 4.78 is 0. The molecule has 0 radical (unpaired) electrons. The van der Waals surface area contributed by atoms with Gasteiger partial charge in [-0.05, 0) is 50.0 Å². The van der Waals surface area contributed by atoms with Crippen molar-refractivity contribution in [3.8, 4) is 0 Å². The summed E-state index contributed by atoms with van der Waals surface area (Å²) in [5, 5.41) is 10.7. The highest BCUT2D eigenvalue weighted by Gasteiger charge is 2.29. The zero-order valence-corrected chi connectivity index (χ0v) is 15.7. The number of thiophene rings is 1. The average Bonchev–Trinajstić information content (AvgIpc) is 2.89. The molecule has 0 atom stereocenters. The summed E-state index contributed by atoms with van der Waals surface area (Å²) in [5.74, 6) is 1.55. The molecule has 4 nitrogen and oxygen atoms in total. The van der Waals surface area contributed by atoms with Crippen LogP contribution in [0.5, 0.6) is 0 Å². The Morgan fingerprint density at radius 1 is 1.25 bits per heavy atom. The second-order valence-electron chi connectivity index (χ2n) is 8.37. The van der Waals surface area contributed by atoms with Gasteiger partial charge in [-0.25, -0.2) is 9.97 Å². The van der Waals surface area contributed by atoms with E-state index in [0.717, 1.165) is 36.0 Å². The predicted molar refractivity (Wildman–Crippen MR) is 98.4 cm³/mol. The number of aryl methyl sites for hydroxylation is 1. The van der Waals surface area contributed by atoms with Crippen molar-refractivity contribution < 1.29 is 5.11 Å². The maximum Gasteiger partial charge on any atom is 0.127 e. The fourth-order valence-electron chi connectivity index (χ4n) is 4.01. The van der Waals surface area contributed by atoms with Crippen LogP contribution in [0.3, 0.4) is 0 Å². The second kappa shape index (κ2) is 6.04. The molecule has 5 heteroatoms. The van der Waals surface area contributed by atoms with Gasteiger partial charge in [0.2, 0.25) is 0 Å². The largest absolute Gasteiger partial charge is 0.390 e. The molecule has 1 aliphatic heterocycles. The topological polar surface area (TPSA) is 49.2 Å². The average molecular weight is 346 g/mol. The minimum atomic E-state index is -0.160. The molecule has 1 saturated heterocycles. The Bertz CT molecular complexity index is 738. The molecule has 0 bridgehead atoms. The van der Waals surface area contributed by atoms with Gasteiger partial charge in [0.1, 0.15) is 10.7 Å². The van der Waals surface area contributed by atoms with Crippen LogP contribution >= 0.6 is 11.3 Å². The molecular weight excluding hydrogens is 318 g/mol. The lowest BCUT2D eigenvalue weighted by molar-refractivity contribution is -0.00331. The quantitative estimate of drug-likeness (QED) is 0.918. The summed E-state index contributed by atoms with van der Waals surface area (Å²) in [6.45, 7) is 9.12. The van der Waals surface area contributed by atoms with Gasteiger partial charge in [0.15, 0.2) is 0 Å². The zero-order valence-electron chi connectivity index (χ0n) is 14.9. The first-order valence-electron chi connectivity index (χ1n) is 9.07. The number of fused-ring (bicyclic) bond motifs is 1. The monoisotopic (exact) mass is 345 g/mol. The molecule has 0 amide bonds. The summed E-state index contributed by atoms with van der Waals surface area (Å²) >= 11 is 1.87. The Kier molecular flexibility index (Phi) is 4.14. The number of aliphatic hydroxyl groups excluding tert-OH is 1. The molecule has 0 spiro atoms. The van der Waals surface area contributed by atoms with Crippen molar-refractivity contribution in [2.24, 2.45) is 5.41 Å². The Morgan fingerprint density at radius 3 is 2.62 bits per heavy atom. The van der Waals surface area contributed by atoms with E-state index < -0.39 is 0 Å². The van der Waals surface area contributed by atoms with Crippen LogP contribution in [-0.4, -0.2) is 39.2 Å². The zero-order chi connectivity index (χ0) is 16.9. The van der Waals surface area contributed by atoms with Crippen molar-refractivity contribution in [1.82, 2.24) is 14.9 Å². The normalized spacial score (nSPS) is 22.8. The van der Waals surface area contributed by atoms with Crippen LogP contribution in [0.2, 0.25) is 0 Å². The van der Waals surface area contributed by atoms with E-state index in [9.17, 15) is 5.11 Å². The predicted octanol–water partition coefficient (Wildman–Crippen LogP) is 3.86. The number of aromatic nitrogens is 2. The van der Waals surface area contributed by atoms with Crippen molar-refractivity contribution in [3.63, 3.8) is 0 Å². The molecule has 3 heterocycles. The van der Waals surface area contributed by atoms with Gasteiger partial charge in [0.05, 0.1) is 11.8 Å². The Balaban J connectivity index is 1.60. The Morgan fingerprint density at radius 2 is 1.96 bits per heavy atom. The lowest BCUT2D eigenvalue weighted by atomic mass is 9.73. The molecular formula is C19H27N3OS. The van der Waals surface area contributed by atoms with Crippen LogP contribution in [0.15, 0.2) is 6.07 Å². The van der Waals surface area contributed by atoms with E-state index >= 15 is 0 Å². The highest BCUT2D eigenvalue weighted by atomic mass is 32.1. The first-order chi connectivity index (χ1) is 11.4. The molecule has 1 N–H and O–H groups in total. The van der Waals surface area contributed by atoms with Crippen LogP contribution in [0, 0.1) is 12.3 Å². The van der Waals surface area contributed by atoms with Gasteiger partial charge in [-0.15, -0.1) is 11.3 Å². The van der Waals surface area contributed by atoms with E-state index in [2.05, 4.69) is 29.8 Å². The van der Waals surface area contributed by atoms with E-state index in [4.69, 9.17) is 4.98 Å². The highest BCUT2D eigenvalue weighted by molar-refractivity contribution is 7.18. The molecule has 4 rings (SSSR count). The third-order valence-corrected chi connectivity index (χ3v) is 6.85. The Hall–Kier alpha value is -1.04. The van der Waals surface area contributed by atoms with Gasteiger partial charge in [0.25, 0.3) is 0 Å². The lowest BCUT2D eigenvalue weighted by Crippen LogP contribution is -2.49. The molecule has 0 aromatic carbocycles. The number of likely N-dealkylation sites (tertiary alicyclic amines) is 1. The Labute approximate surface area is 147 Å². The molecule has 0 unspecified atom stereocenters. The van der Waals surface area contributed by atoms with Gasteiger partial charge in [-0.2, -0.15) is 0 Å². The molecule has 1 aliphatic carbocycles. The van der Waals surface area contributed by atoms with Crippen LogP contribution < -0.4 is 0 Å². The first-order valence-corrected chi connectivity index (χ1v) is 9.89. The van der Waals surface area contributed by atoms with E-state index in [1.54, 1.807) is 0 Å². The van der Waals surface area contributed by atoms with Gasteiger partial charge in [-0.1, -0.05) is 13.8 Å². The summed E-state index contributed by atoms with van der Waals surface area (Å²) in [6.07, 6.45) is 5.05. The van der Waals surface area contributed by atoms with Gasteiger partial charge in [-0.3, -0.25) is 4.90 Å². The maximum absolute atomic E-state index is 9.51. The summed E-state index contributed by atoms with van der Waals surface area (Å²) in [6, 6.07) is 2.36. The fourth-order valence-corrected chi connectivity index (χ4v) is 5.27. The number of nitrogens with zero attached hydrogens (tertiary/aromatic N) is 3. The van der Waals surface area contributed by atoms with E-state index in [0.29, 0.717) is 11.3 Å². The van der Waals surface area contributed by atoms with E-state index in [1.165, 1.54) is 35.9 Å². The van der Waals surface area contributed by atoms with Crippen molar-refractivity contribution in [3.05, 3.63) is 22.5 Å². The standard InChI is InChI=1S/C19H27N3OS/c1-12-20-16(11-22-9-14(23)10-22)15-8-17(24-18(15)21-12)13-4-6-19(2,3)7-5-13/h8,13-14,23H,4-7,9-11H2,1-3H3. The third kappa shape index (κ3) is 3.22. The van der Waals surface area contributed by atoms with Crippen LogP contribution in [-0.2, 0) is 6.54 Å². The van der Waals surface area contributed by atoms with Gasteiger partial charge in [0, 0.05) is 29.9 Å². The third-order valence-electron chi connectivity index (χ3n) is 5.66. The second-order valence-corrected chi connectivity index (χ2v) is 9.43. The number of hydrogen-bond acceptors (Lipinski definition) is 5. The molecule has 2 fully saturated rings. The number of rotatable bonds is 3. The number of β-amino-alcohol motifs (C(OH)–C–C–N with tert-alkyl or cyclic N) is 1. The van der Waals surface area contributed by atoms with Crippen molar-refractivity contribution in [2.45, 2.75) is 65.0 Å². The van der Waals surface area contributed by atoms with Crippen LogP contribution in [0.4, 0.5) is 0 Å². The van der Waals surface area contributed by atoms with E-state index in [-0.39, 0.29) is 6.10 Å². The molecule has 2 aliphatic rings. The molecule has 1 saturated carbocycles. The fraction of sp³-hybridized carbons (Fsp3) is 0.684. The SMILES string of the molecule is Cc1nc(CN2CC(O)C2)c2cc(C3CCC(C)(C)CC3)sc2n1. The number of aliphatic hydroxyl groups is 1. The molecule has 2 aromatic heterocycles. The van der Waals surface area contributed by atoms with Gasteiger partial charge >= 0.3 is 0 Å². The number of hydrogen-bond donors (Lipinski definition) is 1. The van der Waals surface area contributed by atoms with Crippen molar-refractivity contribution in [2.75, 3.05) is 13.1 Å². The molecule has 130 valence electrons. The maximum atomic E-state index is 9.51. The van der Waals surface area contributed by atoms with Crippen molar-refractivity contribution >= 4 is 21.6 Å². The summed E-state index contributed by atoms with van der Waals surface area (Å²) in [5.41, 5.74) is 1.63. The highest BCUT2D eigenvalue weighted by Crippen LogP contribution is 2.45. The minimum absolute atomic E-state index is 0.160. The lowest BCUT2D eigenvalue weighted by Gasteiger charge is -2.35. The smallest absolute Gasteiger partial charge is 0.127 e. The minimum Gasteiger partial charge on any atom is -0.390 e. The summed E-state index contributed by atoms with van der Waals surface area (Å²) in [4.78, 5) is 14.3. The van der Waals surface area contributed by atoms with E-state index in [1.807, 2.05) is 18.3 Å². The van der Waals surface area contributed by atoms with Crippen LogP contribution in [0.25, 0.3) is 10.2 Å². The van der Waals surface area contributed by atoms with Gasteiger partial charge < -0.3 is 5.11 Å². The van der Waals surface area contributed by atoms with Crippen LogP contribution in [0.1, 0.15) is 61.8 Å². The summed E-state index contributed by atoms with van der Waals surface area (Å²) in [7, 11) is 0. The molecule has 24 heavy (non-hydrogen) atoms. The van der Waals surface area contributed by atoms with Crippen molar-refractivity contribution in [1.29, 1.82) is 0 Å². The molecule has 2 aromatic rings.